The van der Waals surface area contributed by atoms with Crippen LogP contribution in [0.25, 0.3) is 0 Å². The van der Waals surface area contributed by atoms with Crippen LogP contribution in [0.2, 0.25) is 0 Å². The smallest absolute Gasteiger partial charge is 0.548 e. The summed E-state index contributed by atoms with van der Waals surface area (Å²) in [5.74, 6) is -1.20. The maximum Gasteiger partial charge on any atom is 1.00 e. The molecule has 1 saturated carbocycles. The van der Waals surface area contributed by atoms with Crippen molar-refractivity contribution in [1.29, 1.82) is 0 Å². The Hall–Kier alpha value is 0.0664. The molecule has 0 saturated heterocycles. The molecule has 0 spiro atoms. The minimum absolute atomic E-state index is 0. The van der Waals surface area contributed by atoms with Crippen LogP contribution in [0.5, 0.6) is 0 Å². The van der Waals surface area contributed by atoms with Crippen LogP contribution in [0.15, 0.2) is 29.3 Å². The number of aliphatic imine (C=N–C) groups is 1. The summed E-state index contributed by atoms with van der Waals surface area (Å²) in [5.41, 5.74) is -1.71. The van der Waals surface area contributed by atoms with E-state index in [0.717, 1.165) is 37.1 Å². The zero-order valence-corrected chi connectivity index (χ0v) is 16.9. The Bertz CT molecular complexity index is 588. The van der Waals surface area contributed by atoms with E-state index in [1.54, 1.807) is 0 Å². The molecule has 0 bridgehead atoms. The maximum atomic E-state index is 13.1. The molecule has 126 valence electrons. The molecule has 0 N–H and O–H groups in total. The van der Waals surface area contributed by atoms with E-state index in [2.05, 4.69) is 4.99 Å². The molecule has 0 heterocycles. The summed E-state index contributed by atoms with van der Waals surface area (Å²) in [6, 6.07) is 1.98. The van der Waals surface area contributed by atoms with Gasteiger partial charge in [0, 0.05) is 11.3 Å². The molecular weight excluding hydrogens is 373 g/mol. The minimum Gasteiger partial charge on any atom is -0.548 e. The van der Waals surface area contributed by atoms with Crippen molar-refractivity contribution in [3.63, 3.8) is 0 Å². The predicted octanol–water partition coefficient (Wildman–Crippen LogP) is -0.557. The average molecular weight is 387 g/mol. The fourth-order valence-corrected chi connectivity index (χ4v) is 3.10. The molecular formula is C15H14F4KNO2S. The van der Waals surface area contributed by atoms with E-state index in [9.17, 15) is 27.5 Å². The van der Waals surface area contributed by atoms with Gasteiger partial charge in [-0.3, -0.25) is 4.99 Å². The van der Waals surface area contributed by atoms with E-state index in [-0.39, 0.29) is 62.7 Å². The normalized spacial score (nSPS) is 16.4. The number of hydrogen-bond acceptors (Lipinski definition) is 4. The number of carbonyl (C=O) groups is 1. The van der Waals surface area contributed by atoms with Gasteiger partial charge < -0.3 is 9.90 Å². The first kappa shape index (κ1) is 22.1. The molecule has 0 amide bonds. The Morgan fingerprint density at radius 2 is 1.88 bits per heavy atom. The Morgan fingerprint density at radius 3 is 2.33 bits per heavy atom. The summed E-state index contributed by atoms with van der Waals surface area (Å²) in [7, 11) is 0. The van der Waals surface area contributed by atoms with Crippen LogP contribution in [-0.2, 0) is 4.79 Å². The van der Waals surface area contributed by atoms with Crippen LogP contribution >= 0.6 is 11.8 Å². The summed E-state index contributed by atoms with van der Waals surface area (Å²) >= 11 is 1.26. The third-order valence-electron chi connectivity index (χ3n) is 3.27. The van der Waals surface area contributed by atoms with E-state index in [4.69, 9.17) is 0 Å². The van der Waals surface area contributed by atoms with Crippen molar-refractivity contribution in [2.24, 2.45) is 10.9 Å². The largest absolute Gasteiger partial charge is 1.00 e. The van der Waals surface area contributed by atoms with Crippen molar-refractivity contribution in [3.8, 4) is 0 Å². The zero-order valence-electron chi connectivity index (χ0n) is 13.0. The molecule has 1 aliphatic rings. The van der Waals surface area contributed by atoms with Crippen LogP contribution < -0.4 is 56.5 Å². The van der Waals surface area contributed by atoms with Crippen molar-refractivity contribution < 1.29 is 78.8 Å². The molecule has 1 atom stereocenters. The summed E-state index contributed by atoms with van der Waals surface area (Å²) in [4.78, 5) is 14.4. The van der Waals surface area contributed by atoms with Gasteiger partial charge >= 0.3 is 57.6 Å². The van der Waals surface area contributed by atoms with Gasteiger partial charge in [0.1, 0.15) is 11.5 Å². The minimum atomic E-state index is -4.84. The Labute approximate surface area is 183 Å². The molecule has 0 aromatic heterocycles. The SMILES string of the molecule is O=C([O-])[C@H](CSCC1CC1)N=C(c1ccc(F)cc1)C(F)(F)F.[K+]. The second kappa shape index (κ2) is 9.68. The number of halogens is 4. The topological polar surface area (TPSA) is 52.5 Å². The standard InChI is InChI=1S/C15H15F4NO2S.K/c16-11-5-3-10(4-6-11)13(15(17,18)19)20-12(14(21)22)8-23-7-9-1-2-9;/h3-6,9,12H,1-2,7-8H2,(H,21,22);/q;+1/p-1/t12-;/m0./s1. The summed E-state index contributed by atoms with van der Waals surface area (Å²) in [6.45, 7) is 0. The van der Waals surface area contributed by atoms with Crippen molar-refractivity contribution in [1.82, 2.24) is 0 Å². The number of carbonyl (C=O) groups excluding carboxylic acids is 1. The molecule has 9 heteroatoms. The number of alkyl halides is 3. The van der Waals surface area contributed by atoms with E-state index in [1.807, 2.05) is 0 Å². The first-order valence-electron chi connectivity index (χ1n) is 6.97. The number of hydrogen-bond donors (Lipinski definition) is 0. The van der Waals surface area contributed by atoms with Crippen LogP contribution in [-0.4, -0.2) is 35.4 Å². The van der Waals surface area contributed by atoms with Gasteiger partial charge in [0.15, 0.2) is 0 Å². The number of nitrogens with zero attached hydrogens (tertiary/aromatic N) is 1. The zero-order chi connectivity index (χ0) is 17.0. The third-order valence-corrected chi connectivity index (χ3v) is 4.53. The molecule has 0 unspecified atom stereocenters. The molecule has 0 radical (unpaired) electrons. The van der Waals surface area contributed by atoms with Gasteiger partial charge in [-0.25, -0.2) is 4.39 Å². The van der Waals surface area contributed by atoms with Gasteiger partial charge in [-0.05, 0) is 48.8 Å². The van der Waals surface area contributed by atoms with Crippen LogP contribution in [0, 0.1) is 11.7 Å². The second-order valence-electron chi connectivity index (χ2n) is 5.30. The molecule has 3 nitrogen and oxygen atoms in total. The summed E-state index contributed by atoms with van der Waals surface area (Å²) in [6.07, 6.45) is -2.71. The summed E-state index contributed by atoms with van der Waals surface area (Å²) < 4.78 is 52.3. The van der Waals surface area contributed by atoms with E-state index >= 15 is 0 Å². The average Bonchev–Trinajstić information content (AvgIpc) is 3.26. The number of thioether (sulfide) groups is 1. The monoisotopic (exact) mass is 387 g/mol. The van der Waals surface area contributed by atoms with Crippen LogP contribution in [0.4, 0.5) is 17.6 Å². The fraction of sp³-hybridized carbons (Fsp3) is 0.467. The van der Waals surface area contributed by atoms with Gasteiger partial charge in [0.05, 0.1) is 12.0 Å². The quantitative estimate of drug-likeness (QED) is 0.358. The third kappa shape index (κ3) is 7.13. The van der Waals surface area contributed by atoms with Gasteiger partial charge in [0.25, 0.3) is 0 Å². The second-order valence-corrected chi connectivity index (χ2v) is 6.37. The number of carboxylic acids is 1. The molecule has 1 aliphatic carbocycles. The number of benzene rings is 1. The number of aliphatic carboxylic acids is 1. The van der Waals surface area contributed by atoms with Gasteiger partial charge in [-0.15, -0.1) is 0 Å². The fourth-order valence-electron chi connectivity index (χ4n) is 1.86. The van der Waals surface area contributed by atoms with Crippen molar-refractivity contribution in [2.45, 2.75) is 25.1 Å². The Balaban J connectivity index is 0.00000288. The van der Waals surface area contributed by atoms with Crippen molar-refractivity contribution in [3.05, 3.63) is 35.6 Å². The summed E-state index contributed by atoms with van der Waals surface area (Å²) in [5, 5.41) is 11.1. The first-order valence-corrected chi connectivity index (χ1v) is 8.12. The van der Waals surface area contributed by atoms with Gasteiger partial charge in [-0.1, -0.05) is 0 Å². The molecule has 2 rings (SSSR count). The van der Waals surface area contributed by atoms with E-state index < -0.39 is 29.7 Å². The molecule has 24 heavy (non-hydrogen) atoms. The predicted molar refractivity (Wildman–Crippen MR) is 77.8 cm³/mol. The number of carboxylic acid groups (broad SMARTS) is 1. The maximum absolute atomic E-state index is 13.1. The van der Waals surface area contributed by atoms with Crippen LogP contribution in [0.1, 0.15) is 18.4 Å². The Kier molecular flexibility index (Phi) is 8.92. The van der Waals surface area contributed by atoms with E-state index in [1.165, 1.54) is 11.8 Å². The van der Waals surface area contributed by atoms with E-state index in [0.29, 0.717) is 11.7 Å². The molecule has 1 aromatic carbocycles. The Morgan fingerprint density at radius 1 is 1.29 bits per heavy atom. The van der Waals surface area contributed by atoms with Crippen LogP contribution in [0.3, 0.4) is 0 Å². The molecule has 1 aromatic rings. The first-order chi connectivity index (χ1) is 10.8. The van der Waals surface area contributed by atoms with Gasteiger partial charge in [-0.2, -0.15) is 24.9 Å². The van der Waals surface area contributed by atoms with Crippen molar-refractivity contribution in [2.75, 3.05) is 11.5 Å². The molecule has 1 fully saturated rings. The van der Waals surface area contributed by atoms with Gasteiger partial charge in [0.2, 0.25) is 0 Å². The molecule has 0 aliphatic heterocycles. The number of rotatable bonds is 7. The van der Waals surface area contributed by atoms with Crippen molar-refractivity contribution >= 4 is 23.4 Å².